The molecule has 0 heterocycles. The van der Waals surface area contributed by atoms with Crippen molar-refractivity contribution < 1.29 is 22.8 Å². The topological polar surface area (TPSA) is 34.1 Å². The van der Waals surface area contributed by atoms with Crippen LogP contribution in [0.5, 0.6) is 0 Å². The van der Waals surface area contributed by atoms with Gasteiger partial charge in [0, 0.05) is 0 Å². The Balaban J connectivity index is 0.00000289. The number of Topliss-reactive ketones (excluding diaryl/α,β-unsaturated/α-hetero) is 2. The van der Waals surface area contributed by atoms with Gasteiger partial charge < -0.3 is 0 Å². The van der Waals surface area contributed by atoms with Crippen LogP contribution in [0.15, 0.2) is 30.3 Å². The predicted octanol–water partition coefficient (Wildman–Crippen LogP) is 1.38. The second-order valence-electron chi connectivity index (χ2n) is 3.71. The van der Waals surface area contributed by atoms with Crippen molar-refractivity contribution in [1.82, 2.24) is 0 Å². The molecule has 6 heteroatoms. The second kappa shape index (κ2) is 6.72. The molecular formula is C12H14AlF3O2. The average molecular weight is 274 g/mol. The van der Waals surface area contributed by atoms with Gasteiger partial charge >= 0.3 is 6.18 Å². The minimum absolute atomic E-state index is 0. The van der Waals surface area contributed by atoms with E-state index in [1.54, 1.807) is 30.3 Å². The zero-order valence-corrected chi connectivity index (χ0v) is 9.12. The lowest BCUT2D eigenvalue weighted by Gasteiger charge is -2.14. The molecule has 0 N–H and O–H groups in total. The van der Waals surface area contributed by atoms with Gasteiger partial charge in [0.05, 0.1) is 5.92 Å². The molecule has 1 unspecified atom stereocenters. The summed E-state index contributed by atoms with van der Waals surface area (Å²) in [7, 11) is 0. The zero-order chi connectivity index (χ0) is 13.1. The molecule has 0 saturated heterocycles. The molecule has 1 atom stereocenters. The number of rotatable bonds is 4. The molecule has 0 bridgehead atoms. The van der Waals surface area contributed by atoms with Gasteiger partial charge in [-0.3, -0.25) is 9.59 Å². The summed E-state index contributed by atoms with van der Waals surface area (Å²) in [6, 6.07) is 8.16. The van der Waals surface area contributed by atoms with E-state index in [0.717, 1.165) is 6.92 Å². The fraction of sp³-hybridized carbons (Fsp3) is 0.333. The summed E-state index contributed by atoms with van der Waals surface area (Å²) in [5, 5.41) is 0. The Labute approximate surface area is 113 Å². The van der Waals surface area contributed by atoms with Gasteiger partial charge in [-0.25, -0.2) is 0 Å². The van der Waals surface area contributed by atoms with Gasteiger partial charge in [0.25, 0.3) is 0 Å². The minimum atomic E-state index is -4.97. The van der Waals surface area contributed by atoms with Crippen LogP contribution < -0.4 is 0 Å². The van der Waals surface area contributed by atoms with Gasteiger partial charge in [0.2, 0.25) is 5.78 Å². The van der Waals surface area contributed by atoms with E-state index in [0.29, 0.717) is 5.56 Å². The van der Waals surface area contributed by atoms with E-state index in [4.69, 9.17) is 0 Å². The van der Waals surface area contributed by atoms with E-state index in [2.05, 4.69) is 0 Å². The van der Waals surface area contributed by atoms with Crippen molar-refractivity contribution >= 4 is 28.9 Å². The molecule has 2 nitrogen and oxygen atoms in total. The van der Waals surface area contributed by atoms with Crippen LogP contribution in [-0.2, 0) is 16.0 Å². The maximum atomic E-state index is 12.3. The molecule has 0 aliphatic heterocycles. The van der Waals surface area contributed by atoms with E-state index in [-0.39, 0.29) is 23.8 Å². The number of halogens is 3. The molecule has 0 spiro atoms. The Kier molecular flexibility index (Phi) is 6.30. The first-order valence-electron chi connectivity index (χ1n) is 4.98. The van der Waals surface area contributed by atoms with Crippen molar-refractivity contribution in [3.8, 4) is 0 Å². The number of carbonyl (C=O) groups is 2. The van der Waals surface area contributed by atoms with Crippen molar-refractivity contribution in [2.24, 2.45) is 5.92 Å². The van der Waals surface area contributed by atoms with E-state index < -0.39 is 23.7 Å². The predicted molar refractivity (Wildman–Crippen MR) is 65.3 cm³/mol. The Morgan fingerprint density at radius 1 is 1.17 bits per heavy atom. The van der Waals surface area contributed by atoms with Crippen molar-refractivity contribution in [3.63, 3.8) is 0 Å². The lowest BCUT2D eigenvalue weighted by atomic mass is 9.91. The fourth-order valence-electron chi connectivity index (χ4n) is 1.47. The van der Waals surface area contributed by atoms with Crippen molar-refractivity contribution in [2.75, 3.05) is 0 Å². The summed E-state index contributed by atoms with van der Waals surface area (Å²) in [5.74, 6) is -4.39. The molecule has 0 fully saturated rings. The summed E-state index contributed by atoms with van der Waals surface area (Å²) < 4.78 is 36.8. The molecular weight excluding hydrogens is 260 g/mol. The molecule has 98 valence electrons. The standard InChI is InChI=1S/C12H11F3O2.Al.3H/c1-8(16)10(11(17)12(13,14)15)7-9-5-3-2-4-6-9;;;;/h2-6,10H,7H2,1H3;;;;. The average Bonchev–Trinajstić information content (AvgIpc) is 2.24. The number of hydrogen-bond acceptors (Lipinski definition) is 2. The number of carbonyl (C=O) groups excluding carboxylic acids is 2. The van der Waals surface area contributed by atoms with Gasteiger partial charge in [0.1, 0.15) is 5.78 Å². The van der Waals surface area contributed by atoms with E-state index in [9.17, 15) is 22.8 Å². The van der Waals surface area contributed by atoms with Crippen molar-refractivity contribution in [1.29, 1.82) is 0 Å². The molecule has 0 amide bonds. The van der Waals surface area contributed by atoms with Crippen LogP contribution in [0.25, 0.3) is 0 Å². The van der Waals surface area contributed by atoms with Gasteiger partial charge in [-0.2, -0.15) is 13.2 Å². The maximum Gasteiger partial charge on any atom is 0.450 e. The van der Waals surface area contributed by atoms with Crippen LogP contribution in [-0.4, -0.2) is 35.1 Å². The number of benzene rings is 1. The first-order valence-corrected chi connectivity index (χ1v) is 4.98. The van der Waals surface area contributed by atoms with Crippen molar-refractivity contribution in [3.05, 3.63) is 35.9 Å². The molecule has 1 aromatic rings. The first kappa shape index (κ1) is 16.9. The third kappa shape index (κ3) is 4.63. The highest BCUT2D eigenvalue weighted by atomic mass is 27.0. The Bertz CT molecular complexity index is 415. The third-order valence-corrected chi connectivity index (χ3v) is 2.37. The van der Waals surface area contributed by atoms with E-state index in [1.807, 2.05) is 0 Å². The molecule has 0 aliphatic rings. The van der Waals surface area contributed by atoms with Gasteiger partial charge in [-0.1, -0.05) is 30.3 Å². The highest BCUT2D eigenvalue weighted by Crippen LogP contribution is 2.24. The summed E-state index contributed by atoms with van der Waals surface area (Å²) in [4.78, 5) is 22.2. The monoisotopic (exact) mass is 274 g/mol. The molecule has 18 heavy (non-hydrogen) atoms. The molecule has 0 saturated carbocycles. The van der Waals surface area contributed by atoms with Crippen LogP contribution in [0.2, 0.25) is 0 Å². The van der Waals surface area contributed by atoms with Crippen molar-refractivity contribution in [2.45, 2.75) is 19.5 Å². The summed E-state index contributed by atoms with van der Waals surface area (Å²) in [5.41, 5.74) is 0.533. The number of hydrogen-bond donors (Lipinski definition) is 0. The number of ketones is 2. The lowest BCUT2D eigenvalue weighted by Crippen LogP contribution is -2.35. The first-order chi connectivity index (χ1) is 7.82. The maximum absolute atomic E-state index is 12.3. The summed E-state index contributed by atoms with van der Waals surface area (Å²) in [6.45, 7) is 0.997. The normalized spacial score (nSPS) is 12.4. The smallest absolute Gasteiger partial charge is 0.299 e. The van der Waals surface area contributed by atoms with Crippen LogP contribution in [0.1, 0.15) is 12.5 Å². The van der Waals surface area contributed by atoms with Crippen LogP contribution in [0.4, 0.5) is 13.2 Å². The molecule has 0 aliphatic carbocycles. The number of alkyl halides is 3. The Morgan fingerprint density at radius 3 is 2.06 bits per heavy atom. The fourth-order valence-corrected chi connectivity index (χ4v) is 1.47. The van der Waals surface area contributed by atoms with E-state index in [1.165, 1.54) is 0 Å². The third-order valence-electron chi connectivity index (χ3n) is 2.37. The van der Waals surface area contributed by atoms with Gasteiger partial charge in [-0.05, 0) is 18.9 Å². The SMILES string of the molecule is CC(=O)C(Cc1ccccc1)C(=O)C(F)(F)F.[AlH3]. The second-order valence-corrected chi connectivity index (χ2v) is 3.71. The molecule has 0 aromatic heterocycles. The van der Waals surface area contributed by atoms with E-state index >= 15 is 0 Å². The molecule has 1 rings (SSSR count). The van der Waals surface area contributed by atoms with Crippen LogP contribution in [0.3, 0.4) is 0 Å². The van der Waals surface area contributed by atoms with Crippen LogP contribution >= 0.6 is 0 Å². The quantitative estimate of drug-likeness (QED) is 0.614. The van der Waals surface area contributed by atoms with Gasteiger partial charge in [-0.15, -0.1) is 0 Å². The van der Waals surface area contributed by atoms with Gasteiger partial charge in [0.15, 0.2) is 17.4 Å². The lowest BCUT2D eigenvalue weighted by molar-refractivity contribution is -0.176. The largest absolute Gasteiger partial charge is 0.450 e. The highest BCUT2D eigenvalue weighted by Gasteiger charge is 2.44. The summed E-state index contributed by atoms with van der Waals surface area (Å²) >= 11 is 0. The Morgan fingerprint density at radius 2 is 1.67 bits per heavy atom. The minimum Gasteiger partial charge on any atom is -0.299 e. The molecule has 1 aromatic carbocycles. The zero-order valence-electron chi connectivity index (χ0n) is 9.12. The Hall–Kier alpha value is -1.12. The molecule has 0 radical (unpaired) electrons. The summed E-state index contributed by atoms with van der Waals surface area (Å²) in [6.07, 6.45) is -5.18. The highest BCUT2D eigenvalue weighted by molar-refractivity contribution is 6.04. The van der Waals surface area contributed by atoms with Crippen LogP contribution in [0, 0.1) is 5.92 Å².